The van der Waals surface area contributed by atoms with Crippen LogP contribution >= 0.6 is 11.6 Å². The van der Waals surface area contributed by atoms with Gasteiger partial charge >= 0.3 is 5.97 Å². The Morgan fingerprint density at radius 3 is 2.83 bits per heavy atom. The van der Waals surface area contributed by atoms with Crippen LogP contribution in [0, 0.1) is 0 Å². The van der Waals surface area contributed by atoms with Crippen molar-refractivity contribution in [3.05, 3.63) is 50.9 Å². The number of carbonyl (C=O) groups excluding carboxylic acids is 1. The summed E-state index contributed by atoms with van der Waals surface area (Å²) in [6.45, 7) is 2.65. The maximum absolute atomic E-state index is 12.9. The summed E-state index contributed by atoms with van der Waals surface area (Å²) >= 11 is 6.12. The first-order valence-corrected chi connectivity index (χ1v) is 8.22. The normalized spacial score (nSPS) is 14.9. The van der Waals surface area contributed by atoms with E-state index in [0.717, 1.165) is 17.5 Å². The molecule has 24 heavy (non-hydrogen) atoms. The molecule has 0 N–H and O–H groups in total. The highest BCUT2D eigenvalue weighted by Crippen LogP contribution is 2.33. The highest BCUT2D eigenvalue weighted by molar-refractivity contribution is 6.31. The Balaban J connectivity index is 2.41. The molecule has 0 aliphatic carbocycles. The fourth-order valence-corrected chi connectivity index (χ4v) is 3.33. The van der Waals surface area contributed by atoms with Gasteiger partial charge in [0.1, 0.15) is 5.56 Å². The lowest BCUT2D eigenvalue weighted by molar-refractivity contribution is 0.0524. The van der Waals surface area contributed by atoms with E-state index in [1.54, 1.807) is 25.1 Å². The molecule has 0 atom stereocenters. The van der Waals surface area contributed by atoms with Crippen molar-refractivity contribution in [2.75, 3.05) is 20.7 Å². The predicted molar refractivity (Wildman–Crippen MR) is 95.5 cm³/mol. The second-order valence-corrected chi connectivity index (χ2v) is 6.39. The van der Waals surface area contributed by atoms with Crippen LogP contribution in [0.15, 0.2) is 29.2 Å². The molecule has 126 valence electrons. The standard InChI is InChI=1S/C18H19ClN2O3/c1-4-24-18(23)15-16-11(10-20(2)3)7-8-21(16)14-9-12(19)5-6-13(14)17(15)22/h5-6,9-10H,4,7-8H2,1-3H3/b11-10-. The van der Waals surface area contributed by atoms with E-state index < -0.39 is 5.97 Å². The first kappa shape index (κ1) is 16.6. The minimum absolute atomic E-state index is 0.109. The number of ether oxygens (including phenoxy) is 1. The molecule has 2 heterocycles. The summed E-state index contributed by atoms with van der Waals surface area (Å²) in [6.07, 6.45) is 2.69. The second kappa shape index (κ2) is 6.32. The van der Waals surface area contributed by atoms with Crippen LogP contribution in [0.25, 0.3) is 16.5 Å². The fourth-order valence-electron chi connectivity index (χ4n) is 3.16. The van der Waals surface area contributed by atoms with Crippen LogP contribution in [-0.4, -0.2) is 36.1 Å². The lowest BCUT2D eigenvalue weighted by atomic mass is 10.0. The summed E-state index contributed by atoms with van der Waals surface area (Å²) in [5, 5.41) is 1.04. The van der Waals surface area contributed by atoms with E-state index in [-0.39, 0.29) is 17.6 Å². The van der Waals surface area contributed by atoms with E-state index in [2.05, 4.69) is 0 Å². The van der Waals surface area contributed by atoms with E-state index in [1.807, 2.05) is 29.8 Å². The van der Waals surface area contributed by atoms with Crippen LogP contribution in [0.5, 0.6) is 0 Å². The minimum atomic E-state index is -0.574. The summed E-state index contributed by atoms with van der Waals surface area (Å²) in [4.78, 5) is 27.3. The van der Waals surface area contributed by atoms with Crippen LogP contribution < -0.4 is 5.43 Å². The van der Waals surface area contributed by atoms with Gasteiger partial charge in [-0.15, -0.1) is 0 Å². The Kier molecular flexibility index (Phi) is 4.37. The molecule has 0 amide bonds. The number of esters is 1. The van der Waals surface area contributed by atoms with Gasteiger partial charge in [-0.05, 0) is 37.1 Å². The van der Waals surface area contributed by atoms with Gasteiger partial charge in [0.05, 0.1) is 17.8 Å². The minimum Gasteiger partial charge on any atom is -0.462 e. The van der Waals surface area contributed by atoms with Crippen LogP contribution in [0.3, 0.4) is 0 Å². The Bertz CT molecular complexity index is 913. The highest BCUT2D eigenvalue weighted by Gasteiger charge is 2.29. The van der Waals surface area contributed by atoms with Crippen LogP contribution in [0.4, 0.5) is 0 Å². The molecule has 5 nitrogen and oxygen atoms in total. The van der Waals surface area contributed by atoms with Crippen molar-refractivity contribution < 1.29 is 9.53 Å². The van der Waals surface area contributed by atoms with Crippen molar-refractivity contribution in [1.82, 2.24) is 9.47 Å². The van der Waals surface area contributed by atoms with E-state index in [0.29, 0.717) is 22.6 Å². The third-order valence-electron chi connectivity index (χ3n) is 4.03. The van der Waals surface area contributed by atoms with E-state index in [9.17, 15) is 9.59 Å². The summed E-state index contributed by atoms with van der Waals surface area (Å²) in [5.74, 6) is -0.574. The summed E-state index contributed by atoms with van der Waals surface area (Å²) in [5.41, 5.74) is 2.14. The van der Waals surface area contributed by atoms with Crippen molar-refractivity contribution in [3.63, 3.8) is 0 Å². The number of aryl methyl sites for hydroxylation is 1. The monoisotopic (exact) mass is 346 g/mol. The maximum atomic E-state index is 12.9. The smallest absolute Gasteiger partial charge is 0.344 e. The predicted octanol–water partition coefficient (Wildman–Crippen LogP) is 3.14. The van der Waals surface area contributed by atoms with Crippen LogP contribution in [0.1, 0.15) is 29.4 Å². The number of fused-ring (bicyclic) bond motifs is 3. The van der Waals surface area contributed by atoms with Crippen molar-refractivity contribution in [2.45, 2.75) is 19.9 Å². The maximum Gasteiger partial charge on any atom is 0.344 e. The highest BCUT2D eigenvalue weighted by atomic mass is 35.5. The molecule has 0 fully saturated rings. The Hall–Kier alpha value is -2.27. The van der Waals surface area contributed by atoms with Crippen LogP contribution in [0.2, 0.25) is 5.02 Å². The van der Waals surface area contributed by atoms with Gasteiger partial charge in [0.2, 0.25) is 5.43 Å². The molecule has 3 rings (SSSR count). The van der Waals surface area contributed by atoms with Gasteiger partial charge in [-0.1, -0.05) is 11.6 Å². The average Bonchev–Trinajstić information content (AvgIpc) is 2.90. The zero-order valence-corrected chi connectivity index (χ0v) is 14.7. The number of pyridine rings is 1. The van der Waals surface area contributed by atoms with Crippen molar-refractivity contribution in [3.8, 4) is 0 Å². The number of aromatic nitrogens is 1. The molecule has 1 aromatic heterocycles. The number of allylic oxidation sites excluding steroid dienone is 1. The molecule has 1 aliphatic rings. The fraction of sp³-hybridized carbons (Fsp3) is 0.333. The zero-order chi connectivity index (χ0) is 17.4. The van der Waals surface area contributed by atoms with Gasteiger partial charge in [0.15, 0.2) is 0 Å². The molecule has 1 aliphatic heterocycles. The van der Waals surface area contributed by atoms with Crippen molar-refractivity contribution in [1.29, 1.82) is 0 Å². The number of rotatable bonds is 3. The molecule has 0 radical (unpaired) electrons. The Morgan fingerprint density at radius 2 is 2.17 bits per heavy atom. The van der Waals surface area contributed by atoms with E-state index in [1.165, 1.54) is 0 Å². The molecule has 0 saturated carbocycles. The van der Waals surface area contributed by atoms with Gasteiger partial charge in [0.25, 0.3) is 0 Å². The largest absolute Gasteiger partial charge is 0.462 e. The quantitative estimate of drug-likeness (QED) is 0.801. The number of nitrogens with zero attached hydrogens (tertiary/aromatic N) is 2. The van der Waals surface area contributed by atoms with E-state index in [4.69, 9.17) is 16.3 Å². The Morgan fingerprint density at radius 1 is 1.42 bits per heavy atom. The average molecular weight is 347 g/mol. The van der Waals surface area contributed by atoms with Gasteiger partial charge in [-0.25, -0.2) is 4.79 Å². The number of carbonyl (C=O) groups is 1. The second-order valence-electron chi connectivity index (χ2n) is 5.95. The SMILES string of the molecule is CCOC(=O)c1c2n(c3cc(Cl)ccc3c1=O)CC/C2=C/N(C)C. The van der Waals surface area contributed by atoms with Crippen molar-refractivity contribution in [2.24, 2.45) is 0 Å². The molecule has 0 unspecified atom stereocenters. The van der Waals surface area contributed by atoms with Gasteiger partial charge in [0, 0.05) is 37.2 Å². The first-order valence-electron chi connectivity index (χ1n) is 7.84. The lowest BCUT2D eigenvalue weighted by Crippen LogP contribution is -2.23. The van der Waals surface area contributed by atoms with Crippen LogP contribution in [-0.2, 0) is 11.3 Å². The molecular formula is C18H19ClN2O3. The molecular weight excluding hydrogens is 328 g/mol. The summed E-state index contributed by atoms with van der Waals surface area (Å²) in [6, 6.07) is 5.11. The van der Waals surface area contributed by atoms with Gasteiger partial charge in [-0.3, -0.25) is 4.79 Å². The molecule has 1 aromatic carbocycles. The molecule has 0 bridgehead atoms. The van der Waals surface area contributed by atoms with E-state index >= 15 is 0 Å². The topological polar surface area (TPSA) is 51.5 Å². The summed E-state index contributed by atoms with van der Waals surface area (Å²) in [7, 11) is 3.82. The van der Waals surface area contributed by atoms with Gasteiger partial charge in [-0.2, -0.15) is 0 Å². The number of benzene rings is 1. The lowest BCUT2D eigenvalue weighted by Gasteiger charge is -2.15. The molecule has 0 spiro atoms. The third-order valence-corrected chi connectivity index (χ3v) is 4.27. The van der Waals surface area contributed by atoms with Gasteiger partial charge < -0.3 is 14.2 Å². The molecule has 2 aromatic rings. The number of hydrogen-bond acceptors (Lipinski definition) is 4. The summed E-state index contributed by atoms with van der Waals surface area (Å²) < 4.78 is 7.13. The third kappa shape index (κ3) is 2.69. The van der Waals surface area contributed by atoms with Crippen molar-refractivity contribution >= 4 is 34.0 Å². The molecule has 0 saturated heterocycles. The first-order chi connectivity index (χ1) is 11.4. The number of halogens is 1. The Labute approximate surface area is 145 Å². The molecule has 6 heteroatoms. The number of hydrogen-bond donors (Lipinski definition) is 0. The zero-order valence-electron chi connectivity index (χ0n) is 13.9.